The van der Waals surface area contributed by atoms with Crippen LogP contribution in [-0.2, 0) is 17.6 Å². The Balaban J connectivity index is 1.87. The highest BCUT2D eigenvalue weighted by Crippen LogP contribution is 2.16. The van der Waals surface area contributed by atoms with Gasteiger partial charge in [0.2, 0.25) is 0 Å². The first-order valence-corrected chi connectivity index (χ1v) is 9.20. The number of rotatable bonds is 10. The predicted octanol–water partition coefficient (Wildman–Crippen LogP) is 1.87. The Kier molecular flexibility index (Phi) is 8.19. The average molecular weight is 385 g/mol. The lowest BCUT2D eigenvalue weighted by Gasteiger charge is -2.19. The van der Waals surface area contributed by atoms with Gasteiger partial charge in [0, 0.05) is 6.04 Å². The van der Waals surface area contributed by atoms with Crippen molar-refractivity contribution in [1.82, 2.24) is 0 Å². The van der Waals surface area contributed by atoms with Crippen LogP contribution in [0.15, 0.2) is 66.7 Å². The standard InChI is InChI=1S/C22H27NO5/c23-19(14-16-9-11-17(24)12-10-16)21(26)8-4-7-20(25)18(22(27)28)13-15-5-2-1-3-6-15/h1-7,9-12,18-21,24-26H,8,13-14,23H2,(H,27,28). The van der Waals surface area contributed by atoms with Gasteiger partial charge in [-0.2, -0.15) is 0 Å². The van der Waals surface area contributed by atoms with E-state index >= 15 is 0 Å². The summed E-state index contributed by atoms with van der Waals surface area (Å²) in [5.74, 6) is -1.88. The number of aliphatic carboxylic acids is 1. The summed E-state index contributed by atoms with van der Waals surface area (Å²) < 4.78 is 0. The van der Waals surface area contributed by atoms with Crippen molar-refractivity contribution in [3.63, 3.8) is 0 Å². The van der Waals surface area contributed by atoms with E-state index in [1.54, 1.807) is 30.3 Å². The van der Waals surface area contributed by atoms with Gasteiger partial charge in [-0.05, 0) is 42.5 Å². The molecule has 4 unspecified atom stereocenters. The summed E-state index contributed by atoms with van der Waals surface area (Å²) in [6, 6.07) is 15.2. The Labute approximate surface area is 164 Å². The molecule has 0 spiro atoms. The van der Waals surface area contributed by atoms with Gasteiger partial charge in [0.15, 0.2) is 0 Å². The highest BCUT2D eigenvalue weighted by molar-refractivity contribution is 5.71. The molecular weight excluding hydrogens is 358 g/mol. The fourth-order valence-corrected chi connectivity index (χ4v) is 2.93. The van der Waals surface area contributed by atoms with Crippen LogP contribution in [0.25, 0.3) is 0 Å². The van der Waals surface area contributed by atoms with Crippen molar-refractivity contribution in [1.29, 1.82) is 0 Å². The number of carboxylic acid groups (broad SMARTS) is 1. The minimum absolute atomic E-state index is 0.165. The molecule has 6 heteroatoms. The molecule has 4 atom stereocenters. The van der Waals surface area contributed by atoms with Gasteiger partial charge in [0.05, 0.1) is 18.1 Å². The molecule has 0 bridgehead atoms. The molecule has 0 aliphatic carbocycles. The molecule has 150 valence electrons. The summed E-state index contributed by atoms with van der Waals surface area (Å²) >= 11 is 0. The summed E-state index contributed by atoms with van der Waals surface area (Å²) in [4.78, 5) is 11.5. The lowest BCUT2D eigenvalue weighted by Crippen LogP contribution is -2.36. The van der Waals surface area contributed by atoms with Crippen LogP contribution >= 0.6 is 0 Å². The third kappa shape index (κ3) is 6.81. The number of nitrogens with two attached hydrogens (primary N) is 1. The SMILES string of the molecule is NC(Cc1ccc(O)cc1)C(O)CC=CC(O)C(Cc1ccccc1)C(=O)O. The summed E-state index contributed by atoms with van der Waals surface area (Å²) in [5.41, 5.74) is 7.73. The van der Waals surface area contributed by atoms with Gasteiger partial charge in [-0.1, -0.05) is 54.6 Å². The molecule has 6 N–H and O–H groups in total. The van der Waals surface area contributed by atoms with Crippen molar-refractivity contribution >= 4 is 5.97 Å². The third-order valence-electron chi connectivity index (χ3n) is 4.64. The number of aromatic hydroxyl groups is 1. The Morgan fingerprint density at radius 3 is 2.18 bits per heavy atom. The zero-order valence-electron chi connectivity index (χ0n) is 15.6. The highest BCUT2D eigenvalue weighted by atomic mass is 16.4. The third-order valence-corrected chi connectivity index (χ3v) is 4.64. The largest absolute Gasteiger partial charge is 0.508 e. The highest BCUT2D eigenvalue weighted by Gasteiger charge is 2.25. The number of aliphatic hydroxyl groups is 2. The second-order valence-corrected chi connectivity index (χ2v) is 6.89. The number of aliphatic hydroxyl groups excluding tert-OH is 2. The van der Waals surface area contributed by atoms with Crippen LogP contribution in [0.3, 0.4) is 0 Å². The van der Waals surface area contributed by atoms with Gasteiger partial charge in [0.25, 0.3) is 0 Å². The van der Waals surface area contributed by atoms with E-state index in [-0.39, 0.29) is 18.6 Å². The topological polar surface area (TPSA) is 124 Å². The molecule has 0 saturated carbocycles. The maximum absolute atomic E-state index is 11.5. The number of hydrogen-bond donors (Lipinski definition) is 5. The minimum atomic E-state index is -1.17. The van der Waals surface area contributed by atoms with Gasteiger partial charge in [-0.3, -0.25) is 4.79 Å². The van der Waals surface area contributed by atoms with Crippen molar-refractivity contribution < 1.29 is 25.2 Å². The van der Waals surface area contributed by atoms with E-state index in [4.69, 9.17) is 5.73 Å². The Hall–Kier alpha value is -2.67. The van der Waals surface area contributed by atoms with Crippen LogP contribution in [-0.4, -0.2) is 44.6 Å². The van der Waals surface area contributed by atoms with E-state index in [2.05, 4.69) is 0 Å². The predicted molar refractivity (Wildman–Crippen MR) is 107 cm³/mol. The first-order valence-electron chi connectivity index (χ1n) is 9.20. The molecule has 0 aliphatic rings. The van der Waals surface area contributed by atoms with Gasteiger partial charge < -0.3 is 26.2 Å². The van der Waals surface area contributed by atoms with Gasteiger partial charge in [-0.25, -0.2) is 0 Å². The number of benzene rings is 2. The lowest BCUT2D eigenvalue weighted by molar-refractivity contribution is -0.144. The van der Waals surface area contributed by atoms with E-state index < -0.39 is 30.1 Å². The Morgan fingerprint density at radius 1 is 0.964 bits per heavy atom. The second-order valence-electron chi connectivity index (χ2n) is 6.89. The normalized spacial score (nSPS) is 15.8. The van der Waals surface area contributed by atoms with E-state index in [0.29, 0.717) is 6.42 Å². The van der Waals surface area contributed by atoms with Crippen molar-refractivity contribution in [3.05, 3.63) is 77.9 Å². The zero-order chi connectivity index (χ0) is 20.5. The minimum Gasteiger partial charge on any atom is -0.508 e. The zero-order valence-corrected chi connectivity index (χ0v) is 15.6. The Morgan fingerprint density at radius 2 is 1.57 bits per heavy atom. The van der Waals surface area contributed by atoms with Crippen LogP contribution < -0.4 is 5.73 Å². The molecule has 0 fully saturated rings. The molecule has 0 saturated heterocycles. The summed E-state index contributed by atoms with van der Waals surface area (Å²) in [6.45, 7) is 0. The number of carboxylic acids is 1. The van der Waals surface area contributed by atoms with Crippen LogP contribution in [0, 0.1) is 5.92 Å². The fourth-order valence-electron chi connectivity index (χ4n) is 2.93. The first-order chi connectivity index (χ1) is 13.4. The monoisotopic (exact) mass is 385 g/mol. The molecule has 2 rings (SSSR count). The molecule has 0 aromatic heterocycles. The molecule has 6 nitrogen and oxygen atoms in total. The van der Waals surface area contributed by atoms with Crippen LogP contribution in [0.1, 0.15) is 17.5 Å². The molecule has 28 heavy (non-hydrogen) atoms. The molecule has 0 heterocycles. The maximum Gasteiger partial charge on any atom is 0.309 e. The summed E-state index contributed by atoms with van der Waals surface area (Å²) in [5, 5.41) is 39.1. The van der Waals surface area contributed by atoms with E-state index in [1.807, 2.05) is 30.3 Å². The molecule has 0 aliphatic heterocycles. The number of phenolic OH excluding ortho intramolecular Hbond substituents is 1. The van der Waals surface area contributed by atoms with E-state index in [9.17, 15) is 25.2 Å². The quantitative estimate of drug-likeness (QED) is 0.398. The molecule has 2 aromatic rings. The van der Waals surface area contributed by atoms with E-state index in [0.717, 1.165) is 11.1 Å². The molecule has 0 amide bonds. The number of hydrogen-bond acceptors (Lipinski definition) is 5. The smallest absolute Gasteiger partial charge is 0.309 e. The van der Waals surface area contributed by atoms with E-state index in [1.165, 1.54) is 6.08 Å². The molecular formula is C22H27NO5. The van der Waals surface area contributed by atoms with Gasteiger partial charge in [0.1, 0.15) is 5.75 Å². The van der Waals surface area contributed by atoms with Gasteiger partial charge in [-0.15, -0.1) is 0 Å². The number of phenols is 1. The second kappa shape index (κ2) is 10.6. The fraction of sp³-hybridized carbons (Fsp3) is 0.318. The summed E-state index contributed by atoms with van der Waals surface area (Å²) in [6.07, 6.45) is 1.81. The summed E-state index contributed by atoms with van der Waals surface area (Å²) in [7, 11) is 0. The average Bonchev–Trinajstić information content (AvgIpc) is 2.68. The van der Waals surface area contributed by atoms with Crippen LogP contribution in [0.4, 0.5) is 0 Å². The molecule has 0 radical (unpaired) electrons. The molecule has 2 aromatic carbocycles. The lowest BCUT2D eigenvalue weighted by atomic mass is 9.93. The number of carbonyl (C=O) groups is 1. The van der Waals surface area contributed by atoms with Crippen molar-refractivity contribution in [2.45, 2.75) is 37.5 Å². The van der Waals surface area contributed by atoms with Crippen LogP contribution in [0.2, 0.25) is 0 Å². The van der Waals surface area contributed by atoms with Crippen molar-refractivity contribution in [2.75, 3.05) is 0 Å². The first kappa shape index (κ1) is 21.6. The van der Waals surface area contributed by atoms with Gasteiger partial charge >= 0.3 is 5.97 Å². The van der Waals surface area contributed by atoms with Crippen LogP contribution in [0.5, 0.6) is 5.75 Å². The van der Waals surface area contributed by atoms with Crippen molar-refractivity contribution in [2.24, 2.45) is 11.7 Å². The Bertz CT molecular complexity index is 760. The van der Waals surface area contributed by atoms with Crippen molar-refractivity contribution in [3.8, 4) is 5.75 Å². The maximum atomic E-state index is 11.5.